The van der Waals surface area contributed by atoms with Crippen LogP contribution in [0, 0.1) is 0 Å². The van der Waals surface area contributed by atoms with Gasteiger partial charge in [-0.3, -0.25) is 4.68 Å². The number of nitrogens with two attached hydrogens (primary N) is 1. The summed E-state index contributed by atoms with van der Waals surface area (Å²) in [5.74, 6) is 0. The van der Waals surface area contributed by atoms with Crippen LogP contribution >= 0.6 is 24.0 Å². The Hall–Kier alpha value is -0.250. The van der Waals surface area contributed by atoms with Crippen LogP contribution in [-0.4, -0.2) is 9.78 Å². The van der Waals surface area contributed by atoms with E-state index in [-0.39, 0.29) is 18.4 Å². The molecule has 1 heterocycles. The van der Waals surface area contributed by atoms with Gasteiger partial charge in [0.25, 0.3) is 0 Å². The first-order chi connectivity index (χ1) is 4.63. The van der Waals surface area contributed by atoms with Gasteiger partial charge in [-0.15, -0.1) is 12.4 Å². The average molecular weight is 196 g/mol. The molecule has 0 spiro atoms. The fourth-order valence-electron chi connectivity index (χ4n) is 0.745. The minimum Gasteiger partial charge on any atom is -0.324 e. The fourth-order valence-corrected chi connectivity index (χ4v) is 1.01. The van der Waals surface area contributed by atoms with E-state index in [1.165, 1.54) is 0 Å². The van der Waals surface area contributed by atoms with Crippen LogP contribution < -0.4 is 5.73 Å². The van der Waals surface area contributed by atoms with E-state index in [2.05, 4.69) is 5.10 Å². The van der Waals surface area contributed by atoms with Crippen LogP contribution in [0.3, 0.4) is 0 Å². The molecule has 64 valence electrons. The van der Waals surface area contributed by atoms with Crippen molar-refractivity contribution in [1.29, 1.82) is 0 Å². The van der Waals surface area contributed by atoms with Crippen LogP contribution in [0.1, 0.15) is 18.5 Å². The second kappa shape index (κ2) is 3.95. The highest BCUT2D eigenvalue weighted by molar-refractivity contribution is 6.30. The SMILES string of the molecule is C[C@@H](N)c1cnn(C)c1Cl.Cl. The first-order valence-corrected chi connectivity index (χ1v) is 3.43. The monoisotopic (exact) mass is 195 g/mol. The molecule has 0 unspecified atom stereocenters. The molecule has 1 rings (SSSR count). The number of rotatable bonds is 1. The van der Waals surface area contributed by atoms with Crippen LogP contribution in [0.25, 0.3) is 0 Å². The van der Waals surface area contributed by atoms with Crippen molar-refractivity contribution in [3.05, 3.63) is 16.9 Å². The molecule has 0 aliphatic rings. The van der Waals surface area contributed by atoms with E-state index in [0.717, 1.165) is 5.56 Å². The molecule has 2 N–H and O–H groups in total. The first kappa shape index (κ1) is 10.8. The molecule has 0 aliphatic heterocycles. The molecule has 0 radical (unpaired) electrons. The maximum absolute atomic E-state index is 5.82. The third-order valence-corrected chi connectivity index (χ3v) is 1.85. The van der Waals surface area contributed by atoms with Crippen molar-refractivity contribution in [3.63, 3.8) is 0 Å². The number of nitrogens with zero attached hydrogens (tertiary/aromatic N) is 2. The number of hydrogen-bond donors (Lipinski definition) is 1. The summed E-state index contributed by atoms with van der Waals surface area (Å²) in [4.78, 5) is 0. The summed E-state index contributed by atoms with van der Waals surface area (Å²) < 4.78 is 1.60. The van der Waals surface area contributed by atoms with E-state index >= 15 is 0 Å². The van der Waals surface area contributed by atoms with Crippen molar-refractivity contribution >= 4 is 24.0 Å². The Morgan fingerprint density at radius 1 is 1.73 bits per heavy atom. The highest BCUT2D eigenvalue weighted by Crippen LogP contribution is 2.19. The van der Waals surface area contributed by atoms with Crippen molar-refractivity contribution in [2.75, 3.05) is 0 Å². The quantitative estimate of drug-likeness (QED) is 0.739. The average Bonchev–Trinajstić information content (AvgIpc) is 2.14. The van der Waals surface area contributed by atoms with Gasteiger partial charge in [0.05, 0.1) is 6.20 Å². The summed E-state index contributed by atoms with van der Waals surface area (Å²) >= 11 is 5.82. The number of aromatic nitrogens is 2. The predicted molar refractivity (Wildman–Crippen MR) is 48.1 cm³/mol. The molecular weight excluding hydrogens is 185 g/mol. The van der Waals surface area contributed by atoms with E-state index in [4.69, 9.17) is 17.3 Å². The lowest BCUT2D eigenvalue weighted by atomic mass is 10.2. The summed E-state index contributed by atoms with van der Waals surface area (Å²) in [5, 5.41) is 4.56. The molecule has 3 nitrogen and oxygen atoms in total. The molecule has 0 aliphatic carbocycles. The van der Waals surface area contributed by atoms with Gasteiger partial charge in [0.2, 0.25) is 0 Å². The molecular formula is C6H11Cl2N3. The topological polar surface area (TPSA) is 43.8 Å². The van der Waals surface area contributed by atoms with E-state index < -0.39 is 0 Å². The zero-order valence-electron chi connectivity index (χ0n) is 6.41. The van der Waals surface area contributed by atoms with Crippen LogP contribution in [0.15, 0.2) is 6.20 Å². The van der Waals surface area contributed by atoms with E-state index in [9.17, 15) is 0 Å². The zero-order chi connectivity index (χ0) is 7.72. The Morgan fingerprint density at radius 3 is 2.45 bits per heavy atom. The molecule has 1 aromatic heterocycles. The molecule has 5 heteroatoms. The lowest BCUT2D eigenvalue weighted by molar-refractivity contribution is 0.763. The highest BCUT2D eigenvalue weighted by Gasteiger charge is 2.08. The summed E-state index contributed by atoms with van der Waals surface area (Å²) in [7, 11) is 1.79. The van der Waals surface area contributed by atoms with Crippen molar-refractivity contribution in [2.24, 2.45) is 12.8 Å². The van der Waals surface area contributed by atoms with Gasteiger partial charge < -0.3 is 5.73 Å². The van der Waals surface area contributed by atoms with Gasteiger partial charge in [-0.25, -0.2) is 0 Å². The Balaban J connectivity index is 0.000001000. The number of halogens is 2. The molecule has 1 atom stereocenters. The molecule has 0 fully saturated rings. The van der Waals surface area contributed by atoms with Gasteiger partial charge in [0.1, 0.15) is 5.15 Å². The summed E-state index contributed by atoms with van der Waals surface area (Å²) in [6.07, 6.45) is 1.69. The maximum Gasteiger partial charge on any atom is 0.131 e. The maximum atomic E-state index is 5.82. The molecule has 0 bridgehead atoms. The Labute approximate surface area is 76.9 Å². The summed E-state index contributed by atoms with van der Waals surface area (Å²) in [6.45, 7) is 1.88. The van der Waals surface area contributed by atoms with Gasteiger partial charge >= 0.3 is 0 Å². The molecule has 0 amide bonds. The Kier molecular flexibility index (Phi) is 3.86. The molecule has 0 saturated heterocycles. The smallest absolute Gasteiger partial charge is 0.131 e. The van der Waals surface area contributed by atoms with Crippen LogP contribution in [-0.2, 0) is 7.05 Å². The van der Waals surface area contributed by atoms with Crippen molar-refractivity contribution in [3.8, 4) is 0 Å². The Bertz CT molecular complexity index is 232. The standard InChI is InChI=1S/C6H10ClN3.ClH/c1-4(8)5-3-9-10(2)6(5)7;/h3-4H,8H2,1-2H3;1H/t4-;/m1./s1. The van der Waals surface area contributed by atoms with E-state index in [1.807, 2.05) is 6.92 Å². The van der Waals surface area contributed by atoms with Crippen molar-refractivity contribution in [1.82, 2.24) is 9.78 Å². The highest BCUT2D eigenvalue weighted by atomic mass is 35.5. The molecule has 1 aromatic rings. The first-order valence-electron chi connectivity index (χ1n) is 3.06. The third-order valence-electron chi connectivity index (χ3n) is 1.38. The van der Waals surface area contributed by atoms with Gasteiger partial charge in [-0.2, -0.15) is 5.10 Å². The molecule has 11 heavy (non-hydrogen) atoms. The Morgan fingerprint density at radius 2 is 2.27 bits per heavy atom. The second-order valence-corrected chi connectivity index (χ2v) is 2.66. The fraction of sp³-hybridized carbons (Fsp3) is 0.500. The minimum absolute atomic E-state index is 0. The van der Waals surface area contributed by atoms with Crippen LogP contribution in [0.2, 0.25) is 5.15 Å². The number of hydrogen-bond acceptors (Lipinski definition) is 2. The van der Waals surface area contributed by atoms with Crippen LogP contribution in [0.4, 0.5) is 0 Å². The summed E-state index contributed by atoms with van der Waals surface area (Å²) in [5.41, 5.74) is 6.48. The van der Waals surface area contributed by atoms with Crippen LogP contribution in [0.5, 0.6) is 0 Å². The zero-order valence-corrected chi connectivity index (χ0v) is 7.99. The summed E-state index contributed by atoms with van der Waals surface area (Å²) in [6, 6.07) is -0.0406. The third kappa shape index (κ3) is 2.09. The second-order valence-electron chi connectivity index (χ2n) is 2.30. The predicted octanol–water partition coefficient (Wildman–Crippen LogP) is 1.51. The van der Waals surface area contributed by atoms with Crippen molar-refractivity contribution < 1.29 is 0 Å². The lowest BCUT2D eigenvalue weighted by Crippen LogP contribution is -2.04. The molecule has 0 saturated carbocycles. The van der Waals surface area contributed by atoms with Crippen molar-refractivity contribution in [2.45, 2.75) is 13.0 Å². The van der Waals surface area contributed by atoms with Gasteiger partial charge in [-0.05, 0) is 6.92 Å². The largest absolute Gasteiger partial charge is 0.324 e. The van der Waals surface area contributed by atoms with Gasteiger partial charge in [-0.1, -0.05) is 11.6 Å². The molecule has 0 aromatic carbocycles. The van der Waals surface area contributed by atoms with Gasteiger partial charge in [0.15, 0.2) is 0 Å². The van der Waals surface area contributed by atoms with E-state index in [0.29, 0.717) is 5.15 Å². The number of aryl methyl sites for hydroxylation is 1. The van der Waals surface area contributed by atoms with E-state index in [1.54, 1.807) is 17.9 Å². The normalized spacial score (nSPS) is 12.4. The lowest BCUT2D eigenvalue weighted by Gasteiger charge is -2.00. The minimum atomic E-state index is -0.0406. The van der Waals surface area contributed by atoms with Gasteiger partial charge in [0, 0.05) is 18.7 Å².